The van der Waals surface area contributed by atoms with Crippen molar-refractivity contribution in [3.05, 3.63) is 23.9 Å². The van der Waals surface area contributed by atoms with Gasteiger partial charge in [-0.15, -0.1) is 0 Å². The monoisotopic (exact) mass is 234 g/mol. The molecule has 0 aromatic carbocycles. The van der Waals surface area contributed by atoms with Gasteiger partial charge < -0.3 is 15.8 Å². The highest BCUT2D eigenvalue weighted by molar-refractivity contribution is 5.97. The van der Waals surface area contributed by atoms with Crippen LogP contribution >= 0.6 is 0 Å². The predicted octanol–water partition coefficient (Wildman–Crippen LogP) is 1.41. The number of aromatic nitrogens is 1. The highest BCUT2D eigenvalue weighted by Gasteiger charge is 2.29. The minimum Gasteiger partial charge on any atom is -0.409 e. The quantitative estimate of drug-likeness (QED) is 0.351. The van der Waals surface area contributed by atoms with Gasteiger partial charge in [-0.25, -0.2) is 4.98 Å². The lowest BCUT2D eigenvalue weighted by molar-refractivity contribution is 0.318. The van der Waals surface area contributed by atoms with Crippen molar-refractivity contribution < 1.29 is 5.21 Å². The molecule has 1 fully saturated rings. The lowest BCUT2D eigenvalue weighted by Gasteiger charge is -2.20. The van der Waals surface area contributed by atoms with Crippen molar-refractivity contribution in [3.63, 3.8) is 0 Å². The average Bonchev–Trinajstić information content (AvgIpc) is 2.69. The molecular weight excluding hydrogens is 216 g/mol. The van der Waals surface area contributed by atoms with Crippen LogP contribution in [-0.2, 0) is 0 Å². The van der Waals surface area contributed by atoms with E-state index >= 15 is 0 Å². The molecule has 0 spiro atoms. The molecule has 5 nitrogen and oxygen atoms in total. The molecule has 1 aromatic heterocycles. The largest absolute Gasteiger partial charge is 0.409 e. The lowest BCUT2D eigenvalue weighted by Crippen LogP contribution is -2.24. The zero-order valence-corrected chi connectivity index (χ0v) is 10.2. The van der Waals surface area contributed by atoms with Crippen LogP contribution in [0.2, 0.25) is 0 Å². The molecule has 5 heteroatoms. The molecule has 0 radical (unpaired) electrons. The molecule has 3 N–H and O–H groups in total. The van der Waals surface area contributed by atoms with Crippen LogP contribution in [-0.4, -0.2) is 29.1 Å². The summed E-state index contributed by atoms with van der Waals surface area (Å²) < 4.78 is 0. The summed E-state index contributed by atoms with van der Waals surface area (Å²) >= 11 is 0. The summed E-state index contributed by atoms with van der Waals surface area (Å²) in [5.41, 5.74) is 6.59. The predicted molar refractivity (Wildman–Crippen MR) is 67.4 cm³/mol. The normalized spacial score (nSPS) is 19.6. The maximum Gasteiger partial charge on any atom is 0.170 e. The Morgan fingerprint density at radius 1 is 1.59 bits per heavy atom. The third-order valence-corrected chi connectivity index (χ3v) is 3.15. The fraction of sp³-hybridized carbons (Fsp3) is 0.500. The number of nitrogens with two attached hydrogens (primary N) is 1. The molecule has 92 valence electrons. The minimum atomic E-state index is 0.118. The van der Waals surface area contributed by atoms with Gasteiger partial charge in [0.1, 0.15) is 5.82 Å². The van der Waals surface area contributed by atoms with Crippen LogP contribution in [0.5, 0.6) is 0 Å². The second-order valence-corrected chi connectivity index (χ2v) is 5.22. The van der Waals surface area contributed by atoms with Crippen LogP contribution in [0, 0.1) is 5.41 Å². The van der Waals surface area contributed by atoms with E-state index in [0.29, 0.717) is 11.0 Å². The van der Waals surface area contributed by atoms with Crippen molar-refractivity contribution in [1.29, 1.82) is 0 Å². The van der Waals surface area contributed by atoms with E-state index in [9.17, 15) is 0 Å². The topological polar surface area (TPSA) is 74.7 Å². The Morgan fingerprint density at radius 3 is 2.94 bits per heavy atom. The number of nitrogens with zero attached hydrogens (tertiary/aromatic N) is 3. The van der Waals surface area contributed by atoms with Crippen LogP contribution in [0.4, 0.5) is 5.82 Å². The van der Waals surface area contributed by atoms with Crippen molar-refractivity contribution in [2.24, 2.45) is 16.3 Å². The van der Waals surface area contributed by atoms with Gasteiger partial charge in [0.15, 0.2) is 5.84 Å². The molecule has 1 aliphatic heterocycles. The molecule has 1 saturated heterocycles. The van der Waals surface area contributed by atoms with Crippen molar-refractivity contribution in [2.45, 2.75) is 20.3 Å². The van der Waals surface area contributed by atoms with Crippen LogP contribution in [0.1, 0.15) is 25.8 Å². The highest BCUT2D eigenvalue weighted by Crippen LogP contribution is 2.31. The van der Waals surface area contributed by atoms with E-state index in [1.54, 1.807) is 12.3 Å². The standard InChI is InChI=1S/C12H18N4O/c1-12(2)4-6-16(8-12)10-7-9(3-5-14-10)11(13)15-17/h3,5,7,17H,4,6,8H2,1-2H3,(H2,13,15). The summed E-state index contributed by atoms with van der Waals surface area (Å²) in [6.45, 7) is 6.49. The molecule has 1 aromatic rings. The van der Waals surface area contributed by atoms with Gasteiger partial charge in [-0.1, -0.05) is 19.0 Å². The van der Waals surface area contributed by atoms with Gasteiger partial charge in [0, 0.05) is 24.8 Å². The maximum atomic E-state index is 8.66. The number of amidine groups is 1. The number of pyridine rings is 1. The van der Waals surface area contributed by atoms with Crippen molar-refractivity contribution in [1.82, 2.24) is 4.98 Å². The third kappa shape index (κ3) is 2.49. The molecule has 0 unspecified atom stereocenters. The minimum absolute atomic E-state index is 0.118. The summed E-state index contributed by atoms with van der Waals surface area (Å²) in [5, 5.41) is 11.7. The Balaban J connectivity index is 2.23. The molecule has 0 amide bonds. The smallest absolute Gasteiger partial charge is 0.170 e. The Morgan fingerprint density at radius 2 is 2.35 bits per heavy atom. The summed E-state index contributed by atoms with van der Waals surface area (Å²) in [4.78, 5) is 6.57. The molecule has 17 heavy (non-hydrogen) atoms. The van der Waals surface area contributed by atoms with Crippen molar-refractivity contribution >= 4 is 11.7 Å². The van der Waals surface area contributed by atoms with E-state index in [1.165, 1.54) is 0 Å². The van der Waals surface area contributed by atoms with Crippen LogP contribution in [0.15, 0.2) is 23.5 Å². The molecule has 0 aliphatic carbocycles. The van der Waals surface area contributed by atoms with Gasteiger partial charge in [0.25, 0.3) is 0 Å². The number of hydrogen-bond acceptors (Lipinski definition) is 4. The van der Waals surface area contributed by atoms with Gasteiger partial charge in [-0.2, -0.15) is 0 Å². The van der Waals surface area contributed by atoms with Gasteiger partial charge >= 0.3 is 0 Å². The summed E-state index contributed by atoms with van der Waals surface area (Å²) in [5.74, 6) is 1.01. The average molecular weight is 234 g/mol. The Labute approximate surface area is 101 Å². The van der Waals surface area contributed by atoms with E-state index in [-0.39, 0.29) is 5.84 Å². The van der Waals surface area contributed by atoms with Crippen LogP contribution in [0.3, 0.4) is 0 Å². The third-order valence-electron chi connectivity index (χ3n) is 3.15. The fourth-order valence-corrected chi connectivity index (χ4v) is 2.12. The molecule has 0 saturated carbocycles. The van der Waals surface area contributed by atoms with E-state index in [4.69, 9.17) is 10.9 Å². The Bertz CT molecular complexity index is 442. The summed E-state index contributed by atoms with van der Waals surface area (Å²) in [6, 6.07) is 3.59. The molecule has 0 bridgehead atoms. The first-order chi connectivity index (χ1) is 8.02. The first-order valence-electron chi connectivity index (χ1n) is 5.71. The highest BCUT2D eigenvalue weighted by atomic mass is 16.4. The van der Waals surface area contributed by atoms with E-state index in [0.717, 1.165) is 25.3 Å². The Hall–Kier alpha value is -1.78. The van der Waals surface area contributed by atoms with E-state index in [1.807, 2.05) is 6.07 Å². The summed E-state index contributed by atoms with van der Waals surface area (Å²) in [6.07, 6.45) is 2.84. The SMILES string of the molecule is CC1(C)CCN(c2cc(C(N)=NO)ccn2)C1. The molecule has 2 rings (SSSR count). The zero-order chi connectivity index (χ0) is 12.5. The van der Waals surface area contributed by atoms with Crippen molar-refractivity contribution in [2.75, 3.05) is 18.0 Å². The second-order valence-electron chi connectivity index (χ2n) is 5.22. The second kappa shape index (κ2) is 4.24. The fourth-order valence-electron chi connectivity index (χ4n) is 2.12. The van der Waals surface area contributed by atoms with E-state index < -0.39 is 0 Å². The van der Waals surface area contributed by atoms with Gasteiger partial charge in [0.2, 0.25) is 0 Å². The maximum absolute atomic E-state index is 8.66. The zero-order valence-electron chi connectivity index (χ0n) is 10.2. The summed E-state index contributed by atoms with van der Waals surface area (Å²) in [7, 11) is 0. The first-order valence-corrected chi connectivity index (χ1v) is 5.71. The van der Waals surface area contributed by atoms with Crippen molar-refractivity contribution in [3.8, 4) is 0 Å². The number of rotatable bonds is 2. The van der Waals surface area contributed by atoms with Crippen LogP contribution in [0.25, 0.3) is 0 Å². The van der Waals surface area contributed by atoms with Crippen LogP contribution < -0.4 is 10.6 Å². The molecule has 2 heterocycles. The molecule has 0 atom stereocenters. The van der Waals surface area contributed by atoms with E-state index in [2.05, 4.69) is 28.9 Å². The number of anilines is 1. The lowest BCUT2D eigenvalue weighted by atomic mass is 9.93. The first kappa shape index (κ1) is 11.7. The molecular formula is C12H18N4O. The molecule has 1 aliphatic rings. The van der Waals surface area contributed by atoms with Gasteiger partial charge in [-0.05, 0) is 24.0 Å². The number of oxime groups is 1. The number of hydrogen-bond donors (Lipinski definition) is 2. The van der Waals surface area contributed by atoms with Gasteiger partial charge in [0.05, 0.1) is 0 Å². The Kier molecular flexibility index (Phi) is 2.92. The van der Waals surface area contributed by atoms with Gasteiger partial charge in [-0.3, -0.25) is 0 Å².